The Balaban J connectivity index is 1.83. The number of nitrogens with one attached hydrogen (secondary N) is 4. The maximum Gasteiger partial charge on any atom is 0.241 e. The van der Waals surface area contributed by atoms with E-state index in [1.165, 1.54) is 38.1 Å². The lowest BCUT2D eigenvalue weighted by molar-refractivity contribution is -0.122. The Labute approximate surface area is 160 Å². The number of sulfonamides is 1. The van der Waals surface area contributed by atoms with Crippen LogP contribution in [0.4, 0.5) is 5.69 Å². The molecule has 0 aliphatic carbocycles. The maximum absolute atomic E-state index is 12.4. The van der Waals surface area contributed by atoms with E-state index in [0.29, 0.717) is 18.2 Å². The van der Waals surface area contributed by atoms with Crippen LogP contribution in [0.1, 0.15) is 33.1 Å². The molecule has 9 heteroatoms. The molecule has 8 nitrogen and oxygen atoms in total. The van der Waals surface area contributed by atoms with Crippen LogP contribution in [0.25, 0.3) is 0 Å². The van der Waals surface area contributed by atoms with Gasteiger partial charge >= 0.3 is 0 Å². The third-order valence-electron chi connectivity index (χ3n) is 4.46. The summed E-state index contributed by atoms with van der Waals surface area (Å²) in [6.07, 6.45) is 3.18. The molecule has 1 aliphatic heterocycles. The third-order valence-corrected chi connectivity index (χ3v) is 6.02. The van der Waals surface area contributed by atoms with Crippen molar-refractivity contribution in [1.82, 2.24) is 15.4 Å². The Kier molecular flexibility index (Phi) is 7.76. The second-order valence-electron chi connectivity index (χ2n) is 6.84. The van der Waals surface area contributed by atoms with Crippen molar-refractivity contribution in [3.05, 3.63) is 24.3 Å². The number of carbonyl (C=O) groups is 2. The first-order valence-corrected chi connectivity index (χ1v) is 10.6. The van der Waals surface area contributed by atoms with Crippen LogP contribution >= 0.6 is 0 Å². The lowest BCUT2D eigenvalue weighted by Gasteiger charge is -2.23. The topological polar surface area (TPSA) is 116 Å². The van der Waals surface area contributed by atoms with Gasteiger partial charge in [-0.25, -0.2) is 8.42 Å². The van der Waals surface area contributed by atoms with Gasteiger partial charge in [0.05, 0.1) is 10.9 Å². The summed E-state index contributed by atoms with van der Waals surface area (Å²) in [6.45, 7) is 5.43. The predicted molar refractivity (Wildman–Crippen MR) is 104 cm³/mol. The summed E-state index contributed by atoms with van der Waals surface area (Å²) in [5.41, 5.74) is 0.504. The number of piperidine rings is 1. The maximum atomic E-state index is 12.4. The molecule has 1 heterocycles. The molecule has 0 bridgehead atoms. The molecular weight excluding hydrogens is 368 g/mol. The molecule has 150 valence electrons. The molecule has 1 fully saturated rings. The molecule has 2 rings (SSSR count). The van der Waals surface area contributed by atoms with Gasteiger partial charge in [-0.3, -0.25) is 9.59 Å². The summed E-state index contributed by atoms with van der Waals surface area (Å²) in [5.74, 6) is -0.0385. The first-order valence-electron chi connectivity index (χ1n) is 9.16. The highest BCUT2D eigenvalue weighted by Crippen LogP contribution is 2.15. The highest BCUT2D eigenvalue weighted by Gasteiger charge is 2.22. The Morgan fingerprint density at radius 2 is 1.96 bits per heavy atom. The molecule has 2 unspecified atom stereocenters. The van der Waals surface area contributed by atoms with Crippen LogP contribution in [-0.2, 0) is 19.6 Å². The second kappa shape index (κ2) is 9.82. The molecule has 0 aromatic heterocycles. The highest BCUT2D eigenvalue weighted by molar-refractivity contribution is 7.89. The van der Waals surface area contributed by atoms with E-state index in [0.717, 1.165) is 32.4 Å². The van der Waals surface area contributed by atoms with Gasteiger partial charge in [0.25, 0.3) is 0 Å². The van der Waals surface area contributed by atoms with Gasteiger partial charge in [-0.2, -0.15) is 4.72 Å². The smallest absolute Gasteiger partial charge is 0.241 e. The number of hydrogen-bond acceptors (Lipinski definition) is 5. The Hall–Kier alpha value is -1.97. The van der Waals surface area contributed by atoms with Gasteiger partial charge in [0.2, 0.25) is 21.8 Å². The molecule has 0 radical (unpaired) electrons. The summed E-state index contributed by atoms with van der Waals surface area (Å²) in [7, 11) is -3.83. The number of benzene rings is 1. The number of carbonyl (C=O) groups excluding carboxylic acids is 2. The van der Waals surface area contributed by atoms with Gasteiger partial charge < -0.3 is 16.0 Å². The quantitative estimate of drug-likeness (QED) is 0.519. The Morgan fingerprint density at radius 1 is 1.26 bits per heavy atom. The number of amides is 2. The molecule has 2 amide bonds. The fourth-order valence-electron chi connectivity index (χ4n) is 3.00. The fraction of sp³-hybridized carbons (Fsp3) is 0.556. The van der Waals surface area contributed by atoms with Crippen LogP contribution in [0.2, 0.25) is 0 Å². The van der Waals surface area contributed by atoms with Crippen LogP contribution in [0.3, 0.4) is 0 Å². The Bertz CT molecular complexity index is 743. The van der Waals surface area contributed by atoms with E-state index >= 15 is 0 Å². The van der Waals surface area contributed by atoms with E-state index < -0.39 is 16.1 Å². The second-order valence-corrected chi connectivity index (χ2v) is 8.55. The van der Waals surface area contributed by atoms with Crippen molar-refractivity contribution in [3.8, 4) is 0 Å². The van der Waals surface area contributed by atoms with Crippen molar-refractivity contribution in [2.45, 2.75) is 44.0 Å². The molecule has 1 aromatic carbocycles. The van der Waals surface area contributed by atoms with Gasteiger partial charge in [0.1, 0.15) is 0 Å². The van der Waals surface area contributed by atoms with Crippen molar-refractivity contribution < 1.29 is 18.0 Å². The van der Waals surface area contributed by atoms with Crippen molar-refractivity contribution in [3.63, 3.8) is 0 Å². The van der Waals surface area contributed by atoms with Gasteiger partial charge in [-0.1, -0.05) is 0 Å². The molecule has 4 N–H and O–H groups in total. The molecule has 1 aliphatic rings. The highest BCUT2D eigenvalue weighted by atomic mass is 32.2. The van der Waals surface area contributed by atoms with E-state index in [-0.39, 0.29) is 16.7 Å². The van der Waals surface area contributed by atoms with Crippen molar-refractivity contribution in [2.24, 2.45) is 5.92 Å². The molecule has 0 spiro atoms. The molecule has 27 heavy (non-hydrogen) atoms. The molecular formula is C18H28N4O4S. The van der Waals surface area contributed by atoms with Gasteiger partial charge in [-0.15, -0.1) is 0 Å². The lowest BCUT2D eigenvalue weighted by Crippen LogP contribution is -2.45. The van der Waals surface area contributed by atoms with Gasteiger partial charge in [0.15, 0.2) is 0 Å². The van der Waals surface area contributed by atoms with E-state index in [1.54, 1.807) is 0 Å². The van der Waals surface area contributed by atoms with E-state index in [1.807, 2.05) is 0 Å². The standard InChI is InChI=1S/C18H28N4O4S/c1-13(18(24)20-11-9-15-4-3-10-19-12-15)22-27(25,26)17-7-5-16(6-8-17)21-14(2)23/h5-8,13,15,19,22H,3-4,9-12H2,1-2H3,(H,20,24)(H,21,23). The predicted octanol–water partition coefficient (Wildman–Crippen LogP) is 0.818. The molecule has 1 saturated heterocycles. The molecule has 2 atom stereocenters. The van der Waals surface area contributed by atoms with Crippen molar-refractivity contribution >= 4 is 27.5 Å². The van der Waals surface area contributed by atoms with Crippen molar-refractivity contribution in [1.29, 1.82) is 0 Å². The summed E-state index contributed by atoms with van der Waals surface area (Å²) in [6, 6.07) is 4.88. The average Bonchev–Trinajstić information content (AvgIpc) is 2.62. The zero-order valence-corrected chi connectivity index (χ0v) is 16.6. The molecule has 0 saturated carbocycles. The van der Waals surface area contributed by atoms with E-state index in [2.05, 4.69) is 20.7 Å². The zero-order valence-electron chi connectivity index (χ0n) is 15.7. The van der Waals surface area contributed by atoms with Crippen LogP contribution in [-0.4, -0.2) is 45.9 Å². The minimum atomic E-state index is -3.83. The zero-order chi connectivity index (χ0) is 19.9. The Morgan fingerprint density at radius 3 is 2.56 bits per heavy atom. The van der Waals surface area contributed by atoms with Gasteiger partial charge in [0, 0.05) is 19.2 Å². The van der Waals surface area contributed by atoms with Crippen molar-refractivity contribution in [2.75, 3.05) is 25.0 Å². The van der Waals surface area contributed by atoms with Gasteiger partial charge in [-0.05, 0) is 69.5 Å². The molecule has 1 aromatic rings. The summed E-state index contributed by atoms with van der Waals surface area (Å²) >= 11 is 0. The van der Waals surface area contributed by atoms with Crippen LogP contribution in [0, 0.1) is 5.92 Å². The van der Waals surface area contributed by atoms with Crippen LogP contribution < -0.4 is 20.7 Å². The van der Waals surface area contributed by atoms with Crippen LogP contribution in [0.5, 0.6) is 0 Å². The minimum Gasteiger partial charge on any atom is -0.355 e. The summed E-state index contributed by atoms with van der Waals surface area (Å²) < 4.78 is 27.2. The fourth-order valence-corrected chi connectivity index (χ4v) is 4.20. The van der Waals surface area contributed by atoms with E-state index in [4.69, 9.17) is 0 Å². The summed E-state index contributed by atoms with van der Waals surface area (Å²) in [4.78, 5) is 23.2. The summed E-state index contributed by atoms with van der Waals surface area (Å²) in [5, 5.41) is 8.69. The minimum absolute atomic E-state index is 0.0320. The number of anilines is 1. The average molecular weight is 397 g/mol. The third kappa shape index (κ3) is 6.93. The first-order chi connectivity index (χ1) is 12.8. The number of hydrogen-bond donors (Lipinski definition) is 4. The van der Waals surface area contributed by atoms with E-state index in [9.17, 15) is 18.0 Å². The SMILES string of the molecule is CC(=O)Nc1ccc(S(=O)(=O)NC(C)C(=O)NCCC2CCCNC2)cc1. The van der Waals surface area contributed by atoms with Crippen LogP contribution in [0.15, 0.2) is 29.2 Å². The lowest BCUT2D eigenvalue weighted by atomic mass is 9.96. The number of rotatable bonds is 8. The normalized spacial score (nSPS) is 18.5. The first kappa shape index (κ1) is 21.3. The monoisotopic (exact) mass is 396 g/mol. The largest absolute Gasteiger partial charge is 0.355 e.